The number of nitrogens with one attached hydrogen (secondary N) is 1. The number of methoxy groups -OCH3 is 1. The molecule has 1 rings (SSSR count). The van der Waals surface area contributed by atoms with E-state index in [2.05, 4.69) is 23.5 Å². The highest BCUT2D eigenvalue weighted by molar-refractivity contribution is 7.89. The zero-order chi connectivity index (χ0) is 16.8. The van der Waals surface area contributed by atoms with Gasteiger partial charge in [0.2, 0.25) is 10.0 Å². The van der Waals surface area contributed by atoms with Gasteiger partial charge in [0.25, 0.3) is 0 Å². The molecule has 1 aromatic rings. The van der Waals surface area contributed by atoms with Crippen molar-refractivity contribution in [3.8, 4) is 5.75 Å². The Hall–Kier alpha value is -0.530. The Morgan fingerprint density at radius 1 is 1.18 bits per heavy atom. The predicted molar refractivity (Wildman–Crippen MR) is 90.6 cm³/mol. The fraction of sp³-hybridized carbons (Fsp3) is 0.571. The number of hydrogen-bond donors (Lipinski definition) is 1. The minimum absolute atomic E-state index is 0.0391. The molecule has 0 atom stereocenters. The smallest absolute Gasteiger partial charge is 0.242 e. The molecule has 0 aliphatic heterocycles. The van der Waals surface area contributed by atoms with Crippen LogP contribution in [0.1, 0.15) is 20.3 Å². The van der Waals surface area contributed by atoms with Crippen LogP contribution < -0.4 is 9.46 Å². The normalized spacial score (nSPS) is 11.9. The van der Waals surface area contributed by atoms with Crippen molar-refractivity contribution < 1.29 is 13.2 Å². The molecule has 1 aromatic carbocycles. The molecule has 0 amide bonds. The van der Waals surface area contributed by atoms with Crippen LogP contribution in [0.5, 0.6) is 5.75 Å². The van der Waals surface area contributed by atoms with Crippen LogP contribution in [0.4, 0.5) is 0 Å². The first-order valence-corrected chi connectivity index (χ1v) is 9.34. The first-order valence-electron chi connectivity index (χ1n) is 7.10. The summed E-state index contributed by atoms with van der Waals surface area (Å²) in [4.78, 5) is 2.19. The second kappa shape index (κ2) is 8.93. The summed E-state index contributed by atoms with van der Waals surface area (Å²) in [5, 5.41) is 0.285. The lowest BCUT2D eigenvalue weighted by Crippen LogP contribution is -2.30. The molecule has 0 spiro atoms. The van der Waals surface area contributed by atoms with Crippen molar-refractivity contribution in [3.63, 3.8) is 0 Å². The van der Waals surface area contributed by atoms with E-state index < -0.39 is 10.0 Å². The lowest BCUT2D eigenvalue weighted by Gasteiger charge is -2.17. The Kier molecular flexibility index (Phi) is 7.93. The van der Waals surface area contributed by atoms with E-state index in [-0.39, 0.29) is 14.9 Å². The molecule has 0 aliphatic rings. The number of sulfonamides is 1. The monoisotopic (exact) mass is 368 g/mol. The zero-order valence-electron chi connectivity index (χ0n) is 13.0. The van der Waals surface area contributed by atoms with Crippen molar-refractivity contribution in [1.82, 2.24) is 9.62 Å². The third kappa shape index (κ3) is 5.28. The molecule has 0 radical (unpaired) electrons. The Morgan fingerprint density at radius 3 is 2.36 bits per heavy atom. The minimum atomic E-state index is -3.69. The van der Waals surface area contributed by atoms with Crippen molar-refractivity contribution >= 4 is 33.2 Å². The Bertz CT molecular complexity index is 590. The van der Waals surface area contributed by atoms with Crippen molar-refractivity contribution in [2.45, 2.75) is 25.2 Å². The quantitative estimate of drug-likeness (QED) is 0.680. The molecule has 1 N–H and O–H groups in total. The van der Waals surface area contributed by atoms with Gasteiger partial charge in [0.05, 0.1) is 17.2 Å². The Balaban J connectivity index is 2.73. The van der Waals surface area contributed by atoms with Gasteiger partial charge >= 0.3 is 0 Å². The summed E-state index contributed by atoms with van der Waals surface area (Å²) in [6.07, 6.45) is 0.725. The van der Waals surface area contributed by atoms with Gasteiger partial charge in [0.15, 0.2) is 0 Å². The molecule has 0 saturated heterocycles. The van der Waals surface area contributed by atoms with E-state index in [9.17, 15) is 8.42 Å². The molecule has 22 heavy (non-hydrogen) atoms. The summed E-state index contributed by atoms with van der Waals surface area (Å²) < 4.78 is 32.1. The van der Waals surface area contributed by atoms with E-state index in [1.807, 2.05) is 0 Å². The summed E-state index contributed by atoms with van der Waals surface area (Å²) in [5.74, 6) is 0.340. The van der Waals surface area contributed by atoms with E-state index in [1.54, 1.807) is 0 Å². The largest absolute Gasteiger partial charge is 0.495 e. The molecule has 0 aromatic heterocycles. The van der Waals surface area contributed by atoms with Gasteiger partial charge in [-0.2, -0.15) is 0 Å². The number of hydrogen-bond acceptors (Lipinski definition) is 4. The van der Waals surface area contributed by atoms with Gasteiger partial charge < -0.3 is 9.64 Å². The summed E-state index contributed by atoms with van der Waals surface area (Å²) >= 11 is 12.0. The zero-order valence-corrected chi connectivity index (χ0v) is 15.4. The van der Waals surface area contributed by atoms with Gasteiger partial charge in [-0.3, -0.25) is 0 Å². The molecule has 126 valence electrons. The second-order valence-electron chi connectivity index (χ2n) is 4.70. The molecule has 0 unspecified atom stereocenters. The fourth-order valence-corrected chi connectivity index (χ4v) is 3.92. The van der Waals surface area contributed by atoms with Crippen LogP contribution in [0.3, 0.4) is 0 Å². The highest BCUT2D eigenvalue weighted by Crippen LogP contribution is 2.33. The lowest BCUT2D eigenvalue weighted by atomic mass is 10.3. The van der Waals surface area contributed by atoms with Crippen LogP contribution >= 0.6 is 23.2 Å². The maximum atomic E-state index is 12.3. The van der Waals surface area contributed by atoms with Crippen LogP contribution in [0, 0.1) is 0 Å². The fourth-order valence-electron chi connectivity index (χ4n) is 2.00. The first kappa shape index (κ1) is 19.5. The molecule has 0 bridgehead atoms. The maximum Gasteiger partial charge on any atom is 0.242 e. The van der Waals surface area contributed by atoms with Gasteiger partial charge in [0.1, 0.15) is 10.6 Å². The molecular formula is C14H22Cl2N2O3S. The van der Waals surface area contributed by atoms with Crippen molar-refractivity contribution in [2.24, 2.45) is 0 Å². The minimum Gasteiger partial charge on any atom is -0.495 e. The van der Waals surface area contributed by atoms with E-state index >= 15 is 0 Å². The van der Waals surface area contributed by atoms with E-state index in [0.29, 0.717) is 12.3 Å². The topological polar surface area (TPSA) is 58.6 Å². The number of ether oxygens (including phenoxy) is 1. The number of benzene rings is 1. The average molecular weight is 369 g/mol. The van der Waals surface area contributed by atoms with Crippen LogP contribution in [0.15, 0.2) is 17.0 Å². The summed E-state index contributed by atoms with van der Waals surface area (Å²) in [5.41, 5.74) is 0. The number of rotatable bonds is 9. The summed E-state index contributed by atoms with van der Waals surface area (Å²) in [7, 11) is -2.25. The second-order valence-corrected chi connectivity index (χ2v) is 7.25. The highest BCUT2D eigenvalue weighted by atomic mass is 35.5. The SMILES string of the molecule is CCN(CC)CCCNS(=O)(=O)c1cc(Cl)c(OC)cc1Cl. The van der Waals surface area contributed by atoms with Crippen molar-refractivity contribution in [2.75, 3.05) is 33.3 Å². The molecule has 0 saturated carbocycles. The number of halogens is 2. The number of nitrogens with zero attached hydrogens (tertiary/aromatic N) is 1. The van der Waals surface area contributed by atoms with Crippen molar-refractivity contribution in [1.29, 1.82) is 0 Å². The van der Waals surface area contributed by atoms with Gasteiger partial charge in [-0.15, -0.1) is 0 Å². The maximum absolute atomic E-state index is 12.3. The average Bonchev–Trinajstić information content (AvgIpc) is 2.49. The van der Waals surface area contributed by atoms with Gasteiger partial charge in [-0.05, 0) is 32.1 Å². The van der Waals surface area contributed by atoms with Crippen LogP contribution in [0.25, 0.3) is 0 Å². The van der Waals surface area contributed by atoms with Crippen LogP contribution in [-0.4, -0.2) is 46.6 Å². The first-order chi connectivity index (χ1) is 10.4. The van der Waals surface area contributed by atoms with Crippen LogP contribution in [0.2, 0.25) is 10.0 Å². The molecule has 0 aliphatic carbocycles. The standard InChI is InChI=1S/C14H22Cl2N2O3S/c1-4-18(5-2)8-6-7-17-22(19,20)14-10-11(15)13(21-3)9-12(14)16/h9-10,17H,4-8H2,1-3H3. The third-order valence-corrected chi connectivity index (χ3v) is 5.55. The van der Waals surface area contributed by atoms with Crippen molar-refractivity contribution in [3.05, 3.63) is 22.2 Å². The van der Waals surface area contributed by atoms with Gasteiger partial charge in [0, 0.05) is 12.6 Å². The summed E-state index contributed by atoms with van der Waals surface area (Å²) in [6.45, 7) is 7.23. The van der Waals surface area contributed by atoms with E-state index in [4.69, 9.17) is 27.9 Å². The van der Waals surface area contributed by atoms with E-state index in [0.717, 1.165) is 26.1 Å². The van der Waals surface area contributed by atoms with Gasteiger partial charge in [-0.25, -0.2) is 13.1 Å². The molecule has 8 heteroatoms. The van der Waals surface area contributed by atoms with Gasteiger partial charge in [-0.1, -0.05) is 37.0 Å². The summed E-state index contributed by atoms with van der Waals surface area (Å²) in [6, 6.07) is 2.70. The molecule has 0 heterocycles. The Morgan fingerprint density at radius 2 is 1.82 bits per heavy atom. The van der Waals surface area contributed by atoms with E-state index in [1.165, 1.54) is 19.2 Å². The highest BCUT2D eigenvalue weighted by Gasteiger charge is 2.20. The molecule has 5 nitrogen and oxygen atoms in total. The molecule has 0 fully saturated rings. The van der Waals surface area contributed by atoms with Crippen LogP contribution in [-0.2, 0) is 10.0 Å². The lowest BCUT2D eigenvalue weighted by molar-refractivity contribution is 0.300. The third-order valence-electron chi connectivity index (χ3n) is 3.33. The Labute approximate surface area is 142 Å². The predicted octanol–water partition coefficient (Wildman–Crippen LogP) is 3.01. The molecular weight excluding hydrogens is 347 g/mol.